The van der Waals surface area contributed by atoms with Crippen LogP contribution in [0, 0.1) is 34.0 Å². The number of para-hydroxylation sites is 3. The van der Waals surface area contributed by atoms with E-state index >= 15 is 0 Å². The first-order chi connectivity index (χ1) is 24.7. The highest BCUT2D eigenvalue weighted by Crippen LogP contribution is 2.41. The van der Waals surface area contributed by atoms with Crippen molar-refractivity contribution in [1.29, 1.82) is 15.8 Å². The van der Waals surface area contributed by atoms with Crippen LogP contribution in [0.5, 0.6) is 0 Å². The maximum Gasteiger partial charge on any atom is 0.0998 e. The fourth-order valence-electron chi connectivity index (χ4n) is 7.47. The average molecular weight is 636 g/mol. The third-order valence-corrected chi connectivity index (χ3v) is 9.64. The van der Waals surface area contributed by atoms with E-state index in [9.17, 15) is 15.8 Å². The van der Waals surface area contributed by atoms with E-state index < -0.39 is 0 Å². The number of fused-ring (bicyclic) bond motifs is 6. The van der Waals surface area contributed by atoms with Crippen molar-refractivity contribution in [2.45, 2.75) is 0 Å². The van der Waals surface area contributed by atoms with Gasteiger partial charge in [-0.15, -0.1) is 0 Å². The van der Waals surface area contributed by atoms with Gasteiger partial charge in [-0.05, 0) is 71.8 Å². The van der Waals surface area contributed by atoms with Crippen LogP contribution in [0.4, 0.5) is 0 Å². The van der Waals surface area contributed by atoms with Crippen LogP contribution in [-0.2, 0) is 0 Å². The van der Waals surface area contributed by atoms with Crippen LogP contribution in [0.2, 0.25) is 0 Å². The van der Waals surface area contributed by atoms with Crippen LogP contribution >= 0.6 is 0 Å². The van der Waals surface area contributed by atoms with Crippen LogP contribution in [0.25, 0.3) is 77.2 Å². The molecule has 0 atom stereocenters. The molecule has 0 aliphatic rings. The number of nitriles is 3. The van der Waals surface area contributed by atoms with E-state index in [4.69, 9.17) is 0 Å². The van der Waals surface area contributed by atoms with E-state index in [1.807, 2.05) is 97.1 Å². The highest BCUT2D eigenvalue weighted by molar-refractivity contribution is 6.11. The van der Waals surface area contributed by atoms with Gasteiger partial charge in [0.25, 0.3) is 0 Å². The molecule has 0 saturated heterocycles. The first-order valence-corrected chi connectivity index (χ1v) is 16.3. The molecule has 2 aromatic heterocycles. The largest absolute Gasteiger partial charge is 0.309 e. The molecule has 0 amide bonds. The smallest absolute Gasteiger partial charge is 0.0998 e. The molecule has 2 heterocycles. The van der Waals surface area contributed by atoms with E-state index in [2.05, 4.69) is 81.9 Å². The molecular formula is C45H25N5. The van der Waals surface area contributed by atoms with Gasteiger partial charge in [-0.3, -0.25) is 0 Å². The van der Waals surface area contributed by atoms with E-state index in [0.717, 1.165) is 77.2 Å². The average Bonchev–Trinajstić information content (AvgIpc) is 3.69. The molecule has 0 saturated carbocycles. The highest BCUT2D eigenvalue weighted by Gasteiger charge is 2.20. The van der Waals surface area contributed by atoms with Crippen LogP contribution in [0.3, 0.4) is 0 Å². The Balaban J connectivity index is 1.25. The molecule has 0 spiro atoms. The molecule has 0 fully saturated rings. The molecule has 0 N–H and O–H groups in total. The minimum absolute atomic E-state index is 0.558. The second-order valence-corrected chi connectivity index (χ2v) is 12.3. The Hall–Kier alpha value is -7.39. The van der Waals surface area contributed by atoms with Gasteiger partial charge in [-0.1, -0.05) is 91.0 Å². The van der Waals surface area contributed by atoms with Gasteiger partial charge in [0.1, 0.15) is 0 Å². The molecular weight excluding hydrogens is 611 g/mol. The lowest BCUT2D eigenvalue weighted by Crippen LogP contribution is -1.99. The zero-order chi connectivity index (χ0) is 33.8. The maximum atomic E-state index is 10.6. The summed E-state index contributed by atoms with van der Waals surface area (Å²) in [6.45, 7) is 0. The van der Waals surface area contributed by atoms with Crippen molar-refractivity contribution < 1.29 is 0 Å². The zero-order valence-corrected chi connectivity index (χ0v) is 26.7. The van der Waals surface area contributed by atoms with Crippen LogP contribution in [0.15, 0.2) is 152 Å². The van der Waals surface area contributed by atoms with Gasteiger partial charge < -0.3 is 9.13 Å². The van der Waals surface area contributed by atoms with Gasteiger partial charge in [0.2, 0.25) is 0 Å². The molecule has 9 rings (SSSR count). The maximum absolute atomic E-state index is 10.6. The molecule has 5 nitrogen and oxygen atoms in total. The normalized spacial score (nSPS) is 11.1. The van der Waals surface area contributed by atoms with Gasteiger partial charge in [0.15, 0.2) is 0 Å². The molecule has 7 aromatic carbocycles. The molecule has 0 bridgehead atoms. The summed E-state index contributed by atoms with van der Waals surface area (Å²) in [4.78, 5) is 0. The summed E-state index contributed by atoms with van der Waals surface area (Å²) < 4.78 is 4.40. The van der Waals surface area contributed by atoms with Crippen LogP contribution in [0.1, 0.15) is 16.7 Å². The van der Waals surface area contributed by atoms with Crippen molar-refractivity contribution in [3.8, 4) is 51.8 Å². The van der Waals surface area contributed by atoms with Crippen molar-refractivity contribution in [3.05, 3.63) is 168 Å². The molecule has 5 heteroatoms. The third-order valence-electron chi connectivity index (χ3n) is 9.64. The van der Waals surface area contributed by atoms with Crippen molar-refractivity contribution in [1.82, 2.24) is 9.13 Å². The standard InChI is InChI=1S/C45H25N5/c46-26-29-18-22-44-40(23-29)38-13-5-6-14-41(38)49(44)32-19-21-33(31(25-32)28-48)34-9-1-2-10-35(34)36-11-3-7-15-42(36)50-43-16-8-4-12-37(43)39-20-17-30(27-47)24-45(39)50/h1-25H. The zero-order valence-electron chi connectivity index (χ0n) is 26.7. The first-order valence-electron chi connectivity index (χ1n) is 16.3. The Kier molecular flexibility index (Phi) is 6.56. The fourth-order valence-corrected chi connectivity index (χ4v) is 7.47. The lowest BCUT2D eigenvalue weighted by molar-refractivity contribution is 1.18. The van der Waals surface area contributed by atoms with Crippen molar-refractivity contribution in [2.75, 3.05) is 0 Å². The number of benzene rings is 7. The predicted molar refractivity (Wildman–Crippen MR) is 200 cm³/mol. The molecule has 9 aromatic rings. The summed E-state index contributed by atoms with van der Waals surface area (Å²) in [6, 6.07) is 57.8. The van der Waals surface area contributed by atoms with E-state index in [1.54, 1.807) is 0 Å². The molecule has 0 unspecified atom stereocenters. The number of rotatable bonds is 4. The topological polar surface area (TPSA) is 81.2 Å². The summed E-state index contributed by atoms with van der Waals surface area (Å²) in [7, 11) is 0. The molecule has 0 radical (unpaired) electrons. The van der Waals surface area contributed by atoms with Crippen LogP contribution < -0.4 is 0 Å². The van der Waals surface area contributed by atoms with Crippen molar-refractivity contribution in [3.63, 3.8) is 0 Å². The molecule has 230 valence electrons. The minimum Gasteiger partial charge on any atom is -0.309 e. The number of hydrogen-bond acceptors (Lipinski definition) is 3. The van der Waals surface area contributed by atoms with E-state index in [-0.39, 0.29) is 0 Å². The van der Waals surface area contributed by atoms with Crippen molar-refractivity contribution in [2.24, 2.45) is 0 Å². The SMILES string of the molecule is N#Cc1ccc2c(c1)c1ccccc1n2-c1ccc(-c2ccccc2-c2ccccc2-n2c3ccccc3c3ccc(C#N)cc32)c(C#N)c1. The number of hydrogen-bond donors (Lipinski definition) is 0. The Bertz CT molecular complexity index is 2970. The van der Waals surface area contributed by atoms with Gasteiger partial charge in [-0.2, -0.15) is 15.8 Å². The van der Waals surface area contributed by atoms with E-state index in [0.29, 0.717) is 16.7 Å². The van der Waals surface area contributed by atoms with Gasteiger partial charge >= 0.3 is 0 Å². The van der Waals surface area contributed by atoms with Gasteiger partial charge in [0.05, 0.1) is 62.7 Å². The minimum atomic E-state index is 0.558. The summed E-state index contributed by atoms with van der Waals surface area (Å²) in [5, 5.41) is 34.2. The van der Waals surface area contributed by atoms with E-state index in [1.165, 1.54) is 0 Å². The lowest BCUT2D eigenvalue weighted by Gasteiger charge is -2.18. The van der Waals surface area contributed by atoms with Gasteiger partial charge in [0, 0.05) is 38.4 Å². The fraction of sp³-hybridized carbons (Fsp3) is 0. The Labute approximate surface area is 287 Å². The Morgan fingerprint density at radius 3 is 1.66 bits per heavy atom. The number of aromatic nitrogens is 2. The Morgan fingerprint density at radius 2 is 0.920 bits per heavy atom. The summed E-state index contributed by atoms with van der Waals surface area (Å²) in [5.74, 6) is 0. The predicted octanol–water partition coefficient (Wildman–Crippen LogP) is 10.8. The third kappa shape index (κ3) is 4.31. The molecule has 50 heavy (non-hydrogen) atoms. The summed E-state index contributed by atoms with van der Waals surface area (Å²) >= 11 is 0. The molecule has 0 aliphatic carbocycles. The second kappa shape index (κ2) is 11.4. The van der Waals surface area contributed by atoms with Crippen LogP contribution in [-0.4, -0.2) is 9.13 Å². The highest BCUT2D eigenvalue weighted by atomic mass is 15.0. The summed E-state index contributed by atoms with van der Waals surface area (Å²) in [6.07, 6.45) is 0. The molecule has 0 aliphatic heterocycles. The lowest BCUT2D eigenvalue weighted by atomic mass is 9.91. The van der Waals surface area contributed by atoms with Crippen molar-refractivity contribution >= 4 is 43.6 Å². The summed E-state index contributed by atoms with van der Waals surface area (Å²) in [5.41, 5.74) is 11.4. The second-order valence-electron chi connectivity index (χ2n) is 12.3. The first kappa shape index (κ1) is 28.8. The monoisotopic (exact) mass is 635 g/mol. The number of nitrogens with zero attached hydrogens (tertiary/aromatic N) is 5. The Morgan fingerprint density at radius 1 is 0.360 bits per heavy atom. The van der Waals surface area contributed by atoms with Gasteiger partial charge in [-0.25, -0.2) is 0 Å². The quantitative estimate of drug-likeness (QED) is 0.193.